The summed E-state index contributed by atoms with van der Waals surface area (Å²) in [5.74, 6) is -0.113. The van der Waals surface area contributed by atoms with Crippen molar-refractivity contribution in [1.82, 2.24) is 15.3 Å². The number of aromatic nitrogens is 2. The molecule has 21 heavy (non-hydrogen) atoms. The standard InChI is InChI=1S/C16H13N3OS/c20-16(12-5-8-17-9-6-12)19-11-13-3-1-7-18-15(13)14-4-2-10-21-14/h1-10H,11H2,(H,19,20). The summed E-state index contributed by atoms with van der Waals surface area (Å²) >= 11 is 1.64. The summed E-state index contributed by atoms with van der Waals surface area (Å²) in [7, 11) is 0. The SMILES string of the molecule is O=C(NCc1cccnc1-c1cccs1)c1ccncc1. The highest BCUT2D eigenvalue weighted by atomic mass is 32.1. The number of carbonyl (C=O) groups is 1. The van der Waals surface area contributed by atoms with Gasteiger partial charge in [-0.1, -0.05) is 12.1 Å². The summed E-state index contributed by atoms with van der Waals surface area (Å²) < 4.78 is 0. The average Bonchev–Trinajstić information content (AvgIpc) is 3.08. The lowest BCUT2D eigenvalue weighted by Gasteiger charge is -2.08. The van der Waals surface area contributed by atoms with Crippen molar-refractivity contribution in [2.45, 2.75) is 6.54 Å². The molecular weight excluding hydrogens is 282 g/mol. The molecule has 0 atom stereocenters. The lowest BCUT2D eigenvalue weighted by atomic mass is 10.1. The zero-order valence-electron chi connectivity index (χ0n) is 11.2. The van der Waals surface area contributed by atoms with Gasteiger partial charge in [0.05, 0.1) is 10.6 Å². The van der Waals surface area contributed by atoms with E-state index in [4.69, 9.17) is 0 Å². The number of nitrogens with one attached hydrogen (secondary N) is 1. The largest absolute Gasteiger partial charge is 0.348 e. The van der Waals surface area contributed by atoms with Gasteiger partial charge in [0.2, 0.25) is 0 Å². The topological polar surface area (TPSA) is 54.9 Å². The zero-order valence-corrected chi connectivity index (χ0v) is 12.0. The van der Waals surface area contributed by atoms with Crippen LogP contribution in [-0.2, 0) is 6.54 Å². The van der Waals surface area contributed by atoms with Gasteiger partial charge in [0, 0.05) is 30.7 Å². The van der Waals surface area contributed by atoms with Crippen LogP contribution in [-0.4, -0.2) is 15.9 Å². The normalized spacial score (nSPS) is 10.3. The minimum absolute atomic E-state index is 0.113. The Balaban J connectivity index is 1.76. The fraction of sp³-hybridized carbons (Fsp3) is 0.0625. The van der Waals surface area contributed by atoms with Gasteiger partial charge >= 0.3 is 0 Å². The molecule has 0 fully saturated rings. The number of carbonyl (C=O) groups excluding carboxylic acids is 1. The third-order valence-corrected chi connectivity index (χ3v) is 3.90. The summed E-state index contributed by atoms with van der Waals surface area (Å²) in [6.45, 7) is 0.447. The van der Waals surface area contributed by atoms with Crippen molar-refractivity contribution in [2.75, 3.05) is 0 Å². The predicted octanol–water partition coefficient (Wildman–Crippen LogP) is 3.14. The zero-order chi connectivity index (χ0) is 14.5. The van der Waals surface area contributed by atoms with Crippen molar-refractivity contribution in [3.8, 4) is 10.6 Å². The van der Waals surface area contributed by atoms with Crippen molar-refractivity contribution in [3.63, 3.8) is 0 Å². The van der Waals surface area contributed by atoms with Crippen LogP contribution in [0.4, 0.5) is 0 Å². The van der Waals surface area contributed by atoms with E-state index in [1.54, 1.807) is 42.1 Å². The highest BCUT2D eigenvalue weighted by molar-refractivity contribution is 7.13. The van der Waals surface area contributed by atoms with E-state index in [0.717, 1.165) is 16.1 Å². The molecule has 0 aliphatic carbocycles. The molecule has 3 heterocycles. The molecule has 4 nitrogen and oxygen atoms in total. The second-order valence-corrected chi connectivity index (χ2v) is 5.35. The third kappa shape index (κ3) is 3.14. The Morgan fingerprint density at radius 1 is 1.10 bits per heavy atom. The second kappa shape index (κ2) is 6.28. The summed E-state index contributed by atoms with van der Waals surface area (Å²) in [6.07, 6.45) is 4.98. The summed E-state index contributed by atoms with van der Waals surface area (Å²) in [5, 5.41) is 4.93. The highest BCUT2D eigenvalue weighted by Gasteiger charge is 2.09. The van der Waals surface area contributed by atoms with Crippen LogP contribution in [0.25, 0.3) is 10.6 Å². The first-order valence-corrected chi connectivity index (χ1v) is 7.38. The molecule has 5 heteroatoms. The fourth-order valence-corrected chi connectivity index (χ4v) is 2.75. The van der Waals surface area contributed by atoms with Gasteiger partial charge in [-0.2, -0.15) is 0 Å². The Bertz CT molecular complexity index is 726. The van der Waals surface area contributed by atoms with Crippen LogP contribution in [0.3, 0.4) is 0 Å². The van der Waals surface area contributed by atoms with E-state index < -0.39 is 0 Å². The molecule has 3 aromatic heterocycles. The lowest BCUT2D eigenvalue weighted by Crippen LogP contribution is -2.23. The molecule has 0 saturated heterocycles. The van der Waals surface area contributed by atoms with Crippen molar-refractivity contribution in [1.29, 1.82) is 0 Å². The van der Waals surface area contributed by atoms with Crippen molar-refractivity contribution in [3.05, 3.63) is 71.5 Å². The Morgan fingerprint density at radius 2 is 1.95 bits per heavy atom. The molecule has 0 bridgehead atoms. The van der Waals surface area contributed by atoms with Gasteiger partial charge in [-0.25, -0.2) is 0 Å². The molecule has 0 unspecified atom stereocenters. The lowest BCUT2D eigenvalue weighted by molar-refractivity contribution is 0.0951. The van der Waals surface area contributed by atoms with Crippen LogP contribution in [0.15, 0.2) is 60.4 Å². The van der Waals surface area contributed by atoms with Gasteiger partial charge in [-0.05, 0) is 35.2 Å². The number of hydrogen-bond acceptors (Lipinski definition) is 4. The van der Waals surface area contributed by atoms with Crippen molar-refractivity contribution >= 4 is 17.2 Å². The first-order chi connectivity index (χ1) is 10.3. The van der Waals surface area contributed by atoms with Crippen LogP contribution in [0.1, 0.15) is 15.9 Å². The maximum Gasteiger partial charge on any atom is 0.251 e. The molecule has 3 aromatic rings. The van der Waals surface area contributed by atoms with Crippen molar-refractivity contribution in [2.24, 2.45) is 0 Å². The third-order valence-electron chi connectivity index (χ3n) is 3.03. The quantitative estimate of drug-likeness (QED) is 0.804. The Morgan fingerprint density at radius 3 is 2.71 bits per heavy atom. The molecule has 0 aliphatic heterocycles. The Kier molecular flexibility index (Phi) is 4.02. The van der Waals surface area contributed by atoms with Crippen LogP contribution in [0, 0.1) is 0 Å². The van der Waals surface area contributed by atoms with E-state index in [1.165, 1.54) is 0 Å². The van der Waals surface area contributed by atoms with Gasteiger partial charge < -0.3 is 5.32 Å². The fourth-order valence-electron chi connectivity index (χ4n) is 2.00. The van der Waals surface area contributed by atoms with E-state index in [-0.39, 0.29) is 5.91 Å². The Hall–Kier alpha value is -2.53. The minimum atomic E-state index is -0.113. The van der Waals surface area contributed by atoms with Gasteiger partial charge in [0.15, 0.2) is 0 Å². The van der Waals surface area contributed by atoms with E-state index in [2.05, 4.69) is 15.3 Å². The Labute approximate surface area is 126 Å². The molecule has 0 aliphatic rings. The number of hydrogen-bond donors (Lipinski definition) is 1. The van der Waals surface area contributed by atoms with Crippen LogP contribution in [0.5, 0.6) is 0 Å². The molecule has 0 saturated carbocycles. The van der Waals surface area contributed by atoms with Gasteiger partial charge in [0.1, 0.15) is 0 Å². The van der Waals surface area contributed by atoms with Crippen LogP contribution < -0.4 is 5.32 Å². The molecule has 1 N–H and O–H groups in total. The number of rotatable bonds is 4. The van der Waals surface area contributed by atoms with E-state index >= 15 is 0 Å². The molecule has 3 rings (SSSR count). The molecule has 104 valence electrons. The maximum atomic E-state index is 12.1. The average molecular weight is 295 g/mol. The van der Waals surface area contributed by atoms with Crippen LogP contribution >= 0.6 is 11.3 Å². The van der Waals surface area contributed by atoms with E-state index in [0.29, 0.717) is 12.1 Å². The minimum Gasteiger partial charge on any atom is -0.348 e. The summed E-state index contributed by atoms with van der Waals surface area (Å²) in [6, 6.07) is 11.3. The first kappa shape index (κ1) is 13.5. The molecule has 0 aromatic carbocycles. The van der Waals surface area contributed by atoms with Gasteiger partial charge in [0.25, 0.3) is 5.91 Å². The van der Waals surface area contributed by atoms with E-state index in [9.17, 15) is 4.79 Å². The number of nitrogens with zero attached hydrogens (tertiary/aromatic N) is 2. The predicted molar refractivity (Wildman–Crippen MR) is 83.0 cm³/mol. The maximum absolute atomic E-state index is 12.1. The molecule has 0 spiro atoms. The summed E-state index contributed by atoms with van der Waals surface area (Å²) in [5.41, 5.74) is 2.52. The molecular formula is C16H13N3OS. The number of thiophene rings is 1. The van der Waals surface area contributed by atoms with Gasteiger partial charge in [-0.3, -0.25) is 14.8 Å². The van der Waals surface area contributed by atoms with E-state index in [1.807, 2.05) is 29.6 Å². The van der Waals surface area contributed by atoms with Crippen molar-refractivity contribution < 1.29 is 4.79 Å². The molecule has 0 radical (unpaired) electrons. The van der Waals surface area contributed by atoms with Crippen LogP contribution in [0.2, 0.25) is 0 Å². The molecule has 1 amide bonds. The highest BCUT2D eigenvalue weighted by Crippen LogP contribution is 2.25. The smallest absolute Gasteiger partial charge is 0.251 e. The second-order valence-electron chi connectivity index (χ2n) is 4.41. The monoisotopic (exact) mass is 295 g/mol. The summed E-state index contributed by atoms with van der Waals surface area (Å²) in [4.78, 5) is 21.5. The number of pyridine rings is 2. The first-order valence-electron chi connectivity index (χ1n) is 6.50. The number of amides is 1. The van der Waals surface area contributed by atoms with Gasteiger partial charge in [-0.15, -0.1) is 11.3 Å².